The molecule has 0 fully saturated rings. The number of H-pyrrole nitrogens is 1. The predicted molar refractivity (Wildman–Crippen MR) is 87.7 cm³/mol. The highest BCUT2D eigenvalue weighted by Gasteiger charge is 2.37. The molecule has 2 N–H and O–H groups in total. The van der Waals surface area contributed by atoms with Crippen LogP contribution in [0.2, 0.25) is 0 Å². The molecule has 1 aromatic heterocycles. The molecule has 0 bridgehead atoms. The van der Waals surface area contributed by atoms with Gasteiger partial charge in [-0.1, -0.05) is 31.5 Å². The summed E-state index contributed by atoms with van der Waals surface area (Å²) >= 11 is 0. The standard InChI is InChI=1S/C17H19N3O3/c1-3-6-13-14(17(22)23-2)20-16(19-13)15(21)11-9-18-12-8-5-4-7-10(11)12/h4-5,7-9,13-14,18H,3,6H2,1-2H3,(H,19,20). The molecular formula is C17H19N3O3. The number of esters is 1. The first-order valence-electron chi connectivity index (χ1n) is 7.68. The van der Waals surface area contributed by atoms with Crippen molar-refractivity contribution in [3.8, 4) is 0 Å². The Balaban J connectivity index is 1.91. The molecule has 2 aromatic rings. The number of fused-ring (bicyclic) bond motifs is 1. The topological polar surface area (TPSA) is 83.5 Å². The molecule has 23 heavy (non-hydrogen) atoms. The minimum absolute atomic E-state index is 0.198. The van der Waals surface area contributed by atoms with E-state index in [-0.39, 0.29) is 17.7 Å². The highest BCUT2D eigenvalue weighted by molar-refractivity contribution is 6.47. The number of nitrogens with one attached hydrogen (secondary N) is 2. The second-order valence-corrected chi connectivity index (χ2v) is 5.56. The molecule has 0 saturated heterocycles. The SMILES string of the molecule is CCCC1NC(C(=O)c2c[nH]c3ccccc23)=NC1C(=O)OC. The van der Waals surface area contributed by atoms with E-state index in [1.165, 1.54) is 7.11 Å². The maximum Gasteiger partial charge on any atom is 0.332 e. The fourth-order valence-corrected chi connectivity index (χ4v) is 2.91. The van der Waals surface area contributed by atoms with Crippen LogP contribution in [0.25, 0.3) is 10.9 Å². The second kappa shape index (κ2) is 6.24. The van der Waals surface area contributed by atoms with Gasteiger partial charge in [0, 0.05) is 17.1 Å². The van der Waals surface area contributed by atoms with Gasteiger partial charge in [-0.3, -0.25) is 4.79 Å². The van der Waals surface area contributed by atoms with E-state index < -0.39 is 12.0 Å². The number of ketones is 1. The molecule has 0 radical (unpaired) electrons. The van der Waals surface area contributed by atoms with Gasteiger partial charge in [-0.05, 0) is 12.5 Å². The van der Waals surface area contributed by atoms with Crippen LogP contribution in [0.1, 0.15) is 30.1 Å². The van der Waals surface area contributed by atoms with Crippen molar-refractivity contribution in [2.45, 2.75) is 31.8 Å². The summed E-state index contributed by atoms with van der Waals surface area (Å²) < 4.78 is 4.80. The normalized spacial score (nSPS) is 20.2. The van der Waals surface area contributed by atoms with Crippen LogP contribution in [-0.2, 0) is 9.53 Å². The van der Waals surface area contributed by atoms with Crippen LogP contribution in [0.5, 0.6) is 0 Å². The molecule has 6 nitrogen and oxygen atoms in total. The average molecular weight is 313 g/mol. The van der Waals surface area contributed by atoms with Gasteiger partial charge in [0.2, 0.25) is 5.78 Å². The molecule has 0 aliphatic carbocycles. The number of aromatic nitrogens is 1. The second-order valence-electron chi connectivity index (χ2n) is 5.56. The van der Waals surface area contributed by atoms with E-state index in [4.69, 9.17) is 4.74 Å². The van der Waals surface area contributed by atoms with E-state index in [2.05, 4.69) is 15.3 Å². The Kier molecular flexibility index (Phi) is 4.14. The number of aromatic amines is 1. The quantitative estimate of drug-likeness (QED) is 0.654. The molecule has 1 aliphatic rings. The van der Waals surface area contributed by atoms with Crippen LogP contribution in [-0.4, -0.2) is 41.8 Å². The summed E-state index contributed by atoms with van der Waals surface area (Å²) in [6.07, 6.45) is 3.31. The first kappa shape index (κ1) is 15.3. The Morgan fingerprint density at radius 2 is 2.09 bits per heavy atom. The summed E-state index contributed by atoms with van der Waals surface area (Å²) in [5.41, 5.74) is 1.44. The van der Waals surface area contributed by atoms with Crippen LogP contribution in [0.3, 0.4) is 0 Å². The largest absolute Gasteiger partial charge is 0.467 e. The third-order valence-electron chi connectivity index (χ3n) is 4.06. The zero-order valence-electron chi connectivity index (χ0n) is 13.1. The van der Waals surface area contributed by atoms with Gasteiger partial charge in [0.25, 0.3) is 0 Å². The number of aliphatic imine (C=N–C) groups is 1. The van der Waals surface area contributed by atoms with Gasteiger partial charge >= 0.3 is 5.97 Å². The van der Waals surface area contributed by atoms with Crippen LogP contribution >= 0.6 is 0 Å². The van der Waals surface area contributed by atoms with E-state index in [0.717, 1.165) is 23.7 Å². The van der Waals surface area contributed by atoms with Gasteiger partial charge in [-0.25, -0.2) is 9.79 Å². The third-order valence-corrected chi connectivity index (χ3v) is 4.06. The van der Waals surface area contributed by atoms with Gasteiger partial charge in [0.1, 0.15) is 0 Å². The summed E-state index contributed by atoms with van der Waals surface area (Å²) in [4.78, 5) is 32.0. The molecule has 6 heteroatoms. The van der Waals surface area contributed by atoms with Crippen molar-refractivity contribution in [1.29, 1.82) is 0 Å². The number of para-hydroxylation sites is 1. The van der Waals surface area contributed by atoms with Gasteiger partial charge in [-0.15, -0.1) is 0 Å². The Morgan fingerprint density at radius 1 is 1.30 bits per heavy atom. The van der Waals surface area contributed by atoms with E-state index in [1.807, 2.05) is 31.2 Å². The van der Waals surface area contributed by atoms with E-state index in [9.17, 15) is 9.59 Å². The summed E-state index contributed by atoms with van der Waals surface area (Å²) in [5, 5.41) is 3.94. The molecule has 1 aromatic carbocycles. The number of benzene rings is 1. The molecule has 2 atom stereocenters. The maximum atomic E-state index is 12.8. The van der Waals surface area contributed by atoms with Crippen LogP contribution in [0.4, 0.5) is 0 Å². The van der Waals surface area contributed by atoms with Crippen LogP contribution in [0.15, 0.2) is 35.5 Å². The number of Topliss-reactive ketones (excluding diaryl/α,β-unsaturated/α-hetero) is 1. The lowest BCUT2D eigenvalue weighted by atomic mass is 10.1. The van der Waals surface area contributed by atoms with Crippen molar-refractivity contribution in [1.82, 2.24) is 10.3 Å². The molecule has 0 amide bonds. The van der Waals surface area contributed by atoms with Gasteiger partial charge in [0.15, 0.2) is 11.9 Å². The maximum absolute atomic E-state index is 12.8. The molecule has 3 rings (SSSR count). The van der Waals surface area contributed by atoms with Crippen LogP contribution < -0.4 is 5.32 Å². The number of carbonyl (C=O) groups excluding carboxylic acids is 2. The fourth-order valence-electron chi connectivity index (χ4n) is 2.91. The number of carbonyl (C=O) groups is 2. The minimum Gasteiger partial charge on any atom is -0.467 e. The van der Waals surface area contributed by atoms with Crippen molar-refractivity contribution in [3.05, 3.63) is 36.0 Å². The number of hydrogen-bond acceptors (Lipinski definition) is 5. The van der Waals surface area contributed by atoms with Crippen molar-refractivity contribution in [2.75, 3.05) is 7.11 Å². The summed E-state index contributed by atoms with van der Waals surface area (Å²) in [5.74, 6) is -0.406. The molecule has 2 unspecified atom stereocenters. The summed E-state index contributed by atoms with van der Waals surface area (Å²) in [6.45, 7) is 2.02. The average Bonchev–Trinajstić information content (AvgIpc) is 3.18. The molecule has 0 saturated carbocycles. The fraction of sp³-hybridized carbons (Fsp3) is 0.353. The lowest BCUT2D eigenvalue weighted by Gasteiger charge is -2.15. The van der Waals surface area contributed by atoms with Crippen molar-refractivity contribution < 1.29 is 14.3 Å². The van der Waals surface area contributed by atoms with Crippen molar-refractivity contribution in [3.63, 3.8) is 0 Å². The number of hydrogen-bond donors (Lipinski definition) is 2. The molecule has 2 heterocycles. The summed E-state index contributed by atoms with van der Waals surface area (Å²) in [6, 6.07) is 6.72. The molecule has 0 spiro atoms. The zero-order chi connectivity index (χ0) is 16.4. The third kappa shape index (κ3) is 2.72. The monoisotopic (exact) mass is 313 g/mol. The number of methoxy groups -OCH3 is 1. The minimum atomic E-state index is -0.663. The number of nitrogens with zero attached hydrogens (tertiary/aromatic N) is 1. The number of amidine groups is 1. The Morgan fingerprint density at radius 3 is 2.83 bits per heavy atom. The van der Waals surface area contributed by atoms with Crippen molar-refractivity contribution >= 4 is 28.5 Å². The molecule has 120 valence electrons. The zero-order valence-corrected chi connectivity index (χ0v) is 13.1. The first-order valence-corrected chi connectivity index (χ1v) is 7.68. The first-order chi connectivity index (χ1) is 11.2. The van der Waals surface area contributed by atoms with Gasteiger partial charge in [-0.2, -0.15) is 0 Å². The smallest absolute Gasteiger partial charge is 0.332 e. The predicted octanol–water partition coefficient (Wildman–Crippen LogP) is 2.06. The lowest BCUT2D eigenvalue weighted by molar-refractivity contribution is -0.142. The van der Waals surface area contributed by atoms with E-state index in [1.54, 1.807) is 6.20 Å². The highest BCUT2D eigenvalue weighted by atomic mass is 16.5. The lowest BCUT2D eigenvalue weighted by Crippen LogP contribution is -2.40. The Bertz CT molecular complexity index is 778. The number of ether oxygens (including phenoxy) is 1. The number of rotatable bonds is 5. The van der Waals surface area contributed by atoms with E-state index >= 15 is 0 Å². The van der Waals surface area contributed by atoms with Crippen molar-refractivity contribution in [2.24, 2.45) is 4.99 Å². The summed E-state index contributed by atoms with van der Waals surface area (Å²) in [7, 11) is 1.33. The van der Waals surface area contributed by atoms with Gasteiger partial charge in [0.05, 0.1) is 18.7 Å². The van der Waals surface area contributed by atoms with Gasteiger partial charge < -0.3 is 15.0 Å². The molecule has 1 aliphatic heterocycles. The molecular weight excluding hydrogens is 294 g/mol. The van der Waals surface area contributed by atoms with E-state index in [0.29, 0.717) is 5.56 Å². The highest BCUT2D eigenvalue weighted by Crippen LogP contribution is 2.21. The van der Waals surface area contributed by atoms with Crippen LogP contribution in [0, 0.1) is 0 Å². The Hall–Kier alpha value is -2.63. The Labute approximate surface area is 133 Å².